The van der Waals surface area contributed by atoms with Crippen LogP contribution in [-0.2, 0) is 11.2 Å². The molecule has 1 aromatic heterocycles. The molecular weight excluding hydrogens is 432 g/mol. The van der Waals surface area contributed by atoms with E-state index in [0.717, 1.165) is 49.9 Å². The molecule has 1 aromatic carbocycles. The zero-order valence-corrected chi connectivity index (χ0v) is 20.4. The molecule has 0 saturated carbocycles. The van der Waals surface area contributed by atoms with Crippen molar-refractivity contribution in [3.63, 3.8) is 0 Å². The summed E-state index contributed by atoms with van der Waals surface area (Å²) >= 11 is 0. The van der Waals surface area contributed by atoms with Crippen molar-refractivity contribution in [2.75, 3.05) is 38.6 Å². The summed E-state index contributed by atoms with van der Waals surface area (Å²) in [6, 6.07) is 6.02. The molecule has 0 unspecified atom stereocenters. The van der Waals surface area contributed by atoms with Crippen molar-refractivity contribution in [1.82, 2.24) is 14.9 Å². The summed E-state index contributed by atoms with van der Waals surface area (Å²) in [5, 5.41) is 11.3. The first-order chi connectivity index (χ1) is 16.4. The van der Waals surface area contributed by atoms with Crippen LogP contribution >= 0.6 is 0 Å². The lowest BCUT2D eigenvalue weighted by Gasteiger charge is -2.31. The Labute approximate surface area is 200 Å². The van der Waals surface area contributed by atoms with Crippen LogP contribution in [0.1, 0.15) is 50.8 Å². The molecule has 2 heterocycles. The van der Waals surface area contributed by atoms with Gasteiger partial charge >= 0.3 is 0 Å². The van der Waals surface area contributed by atoms with Crippen LogP contribution in [0.2, 0.25) is 0 Å². The summed E-state index contributed by atoms with van der Waals surface area (Å²) in [5.41, 5.74) is 7.88. The van der Waals surface area contributed by atoms with Crippen molar-refractivity contribution in [1.29, 1.82) is 5.41 Å². The first-order valence-electron chi connectivity index (χ1n) is 12.0. The Morgan fingerprint density at radius 3 is 2.68 bits per heavy atom. The van der Waals surface area contributed by atoms with Crippen molar-refractivity contribution in [3.05, 3.63) is 39.8 Å². The van der Waals surface area contributed by atoms with Crippen molar-refractivity contribution in [2.45, 2.75) is 46.0 Å². The Morgan fingerprint density at radius 1 is 1.32 bits per heavy atom. The zero-order chi connectivity index (χ0) is 24.7. The van der Waals surface area contributed by atoms with Crippen LogP contribution in [0.15, 0.2) is 23.0 Å². The van der Waals surface area contributed by atoms with Crippen LogP contribution < -0.4 is 21.3 Å². The van der Waals surface area contributed by atoms with Crippen molar-refractivity contribution >= 4 is 17.3 Å². The lowest BCUT2D eigenvalue weighted by molar-refractivity contribution is -0.119. The predicted molar refractivity (Wildman–Crippen MR) is 135 cm³/mol. The van der Waals surface area contributed by atoms with Crippen molar-refractivity contribution in [2.24, 2.45) is 11.7 Å². The number of H-pyrrole nitrogens is 1. The maximum Gasteiger partial charge on any atom is 0.275 e. The van der Waals surface area contributed by atoms with Gasteiger partial charge in [-0.05, 0) is 69.3 Å². The highest BCUT2D eigenvalue weighted by atomic mass is 16.5. The third-order valence-corrected chi connectivity index (χ3v) is 6.17. The van der Waals surface area contributed by atoms with Gasteiger partial charge in [-0.15, -0.1) is 0 Å². The fraction of sp³-hybridized carbons (Fsp3) is 0.520. The first kappa shape index (κ1) is 25.4. The van der Waals surface area contributed by atoms with Crippen molar-refractivity contribution in [3.8, 4) is 17.1 Å². The smallest absolute Gasteiger partial charge is 0.275 e. The summed E-state index contributed by atoms with van der Waals surface area (Å²) in [6.45, 7) is 6.44. The van der Waals surface area contributed by atoms with E-state index in [2.05, 4.69) is 26.3 Å². The quantitative estimate of drug-likeness (QED) is 0.374. The molecule has 184 valence electrons. The number of nitrogens with zero attached hydrogens (tertiary/aromatic N) is 2. The number of hydrogen-bond donors (Lipinski definition) is 4. The molecule has 0 aliphatic carbocycles. The van der Waals surface area contributed by atoms with Crippen LogP contribution in [-0.4, -0.2) is 59.8 Å². The average Bonchev–Trinajstić information content (AvgIpc) is 2.80. The van der Waals surface area contributed by atoms with Gasteiger partial charge in [0.2, 0.25) is 5.91 Å². The Hall–Kier alpha value is -3.20. The summed E-state index contributed by atoms with van der Waals surface area (Å²) < 4.78 is 5.85. The van der Waals surface area contributed by atoms with Crippen LogP contribution in [0.25, 0.3) is 11.4 Å². The second-order valence-corrected chi connectivity index (χ2v) is 8.77. The van der Waals surface area contributed by atoms with Gasteiger partial charge in [0.05, 0.1) is 24.4 Å². The standard InChI is InChI=1S/C25H36N6O3/c1-4-6-19(26)22-23(28-3)25(33)30-24(29-22)18-14-17(7-8-20(18)34-5-2)13-16-9-11-31(12-10-16)15-21(27)32/h7-8,14,16,26,28H,4-6,9-13,15H2,1-3H3,(H2,27,32)(H,29,30,33). The number of hydrogen-bond acceptors (Lipinski definition) is 7. The molecule has 34 heavy (non-hydrogen) atoms. The van der Waals surface area contributed by atoms with Crippen LogP contribution in [0.4, 0.5) is 5.69 Å². The van der Waals surface area contributed by atoms with E-state index in [9.17, 15) is 9.59 Å². The zero-order valence-electron chi connectivity index (χ0n) is 20.4. The molecule has 9 heteroatoms. The SMILES string of the molecule is CCCC(=N)c1nc(-c2cc(CC3CCN(CC(N)=O)CC3)ccc2OCC)[nH]c(=O)c1NC. The monoisotopic (exact) mass is 468 g/mol. The summed E-state index contributed by atoms with van der Waals surface area (Å²) in [4.78, 5) is 33.7. The van der Waals surface area contributed by atoms with E-state index in [1.54, 1.807) is 7.05 Å². The van der Waals surface area contributed by atoms with E-state index < -0.39 is 0 Å². The van der Waals surface area contributed by atoms with E-state index >= 15 is 0 Å². The van der Waals surface area contributed by atoms with Gasteiger partial charge in [-0.2, -0.15) is 0 Å². The first-order valence-corrected chi connectivity index (χ1v) is 12.0. The molecule has 0 radical (unpaired) electrons. The maximum atomic E-state index is 12.8. The minimum atomic E-state index is -0.307. The normalized spacial score (nSPS) is 14.7. The Kier molecular flexibility index (Phi) is 8.81. The topological polar surface area (TPSA) is 137 Å². The van der Waals surface area contributed by atoms with Crippen molar-refractivity contribution < 1.29 is 9.53 Å². The lowest BCUT2D eigenvalue weighted by atomic mass is 9.89. The number of anilines is 1. The average molecular weight is 469 g/mol. The fourth-order valence-electron chi connectivity index (χ4n) is 4.49. The van der Waals surface area contributed by atoms with Crippen LogP contribution in [0.5, 0.6) is 5.75 Å². The van der Waals surface area contributed by atoms with Gasteiger partial charge in [0.1, 0.15) is 23.0 Å². The molecule has 3 rings (SSSR count). The number of likely N-dealkylation sites (tertiary alicyclic amines) is 1. The number of benzene rings is 1. The van der Waals surface area contributed by atoms with Gasteiger partial charge in [0, 0.05) is 7.05 Å². The molecule has 5 N–H and O–H groups in total. The molecule has 0 spiro atoms. The van der Waals surface area contributed by atoms with E-state index in [4.69, 9.17) is 15.9 Å². The number of carbonyl (C=O) groups excluding carboxylic acids is 1. The van der Waals surface area contributed by atoms with Gasteiger partial charge in [0.25, 0.3) is 5.56 Å². The Bertz CT molecular complexity index is 1070. The fourth-order valence-corrected chi connectivity index (χ4v) is 4.49. The van der Waals surface area contributed by atoms with E-state index in [0.29, 0.717) is 54.2 Å². The molecule has 1 amide bonds. The van der Waals surface area contributed by atoms with E-state index in [-0.39, 0.29) is 11.5 Å². The van der Waals surface area contributed by atoms with Gasteiger partial charge < -0.3 is 26.2 Å². The third kappa shape index (κ3) is 6.22. The Balaban J connectivity index is 1.91. The third-order valence-electron chi connectivity index (χ3n) is 6.17. The second-order valence-electron chi connectivity index (χ2n) is 8.77. The second kappa shape index (κ2) is 11.8. The van der Waals surface area contributed by atoms with Gasteiger partial charge in [0.15, 0.2) is 0 Å². The molecule has 9 nitrogen and oxygen atoms in total. The van der Waals surface area contributed by atoms with E-state index in [1.165, 1.54) is 0 Å². The molecule has 2 aromatic rings. The number of piperidine rings is 1. The molecule has 1 aliphatic rings. The predicted octanol–water partition coefficient (Wildman–Crippen LogP) is 2.79. The highest BCUT2D eigenvalue weighted by molar-refractivity contribution is 6.01. The number of ether oxygens (including phenoxy) is 1. The summed E-state index contributed by atoms with van der Waals surface area (Å²) in [7, 11) is 1.66. The molecule has 1 fully saturated rings. The minimum absolute atomic E-state index is 0.285. The van der Waals surface area contributed by atoms with E-state index in [1.807, 2.05) is 26.0 Å². The lowest BCUT2D eigenvalue weighted by Crippen LogP contribution is -2.39. The summed E-state index contributed by atoms with van der Waals surface area (Å²) in [6.07, 6.45) is 4.22. The highest BCUT2D eigenvalue weighted by Crippen LogP contribution is 2.31. The number of carbonyl (C=O) groups is 1. The number of rotatable bonds is 11. The minimum Gasteiger partial charge on any atom is -0.493 e. The van der Waals surface area contributed by atoms with Gasteiger partial charge in [-0.25, -0.2) is 4.98 Å². The number of amides is 1. The van der Waals surface area contributed by atoms with Gasteiger partial charge in [-0.1, -0.05) is 19.4 Å². The van der Waals surface area contributed by atoms with Crippen LogP contribution in [0, 0.1) is 11.3 Å². The Morgan fingerprint density at radius 2 is 2.06 bits per heavy atom. The largest absolute Gasteiger partial charge is 0.493 e. The maximum absolute atomic E-state index is 12.8. The number of nitrogens with one attached hydrogen (secondary N) is 3. The molecule has 0 atom stereocenters. The van der Waals surface area contributed by atoms with Gasteiger partial charge in [-0.3, -0.25) is 14.5 Å². The molecule has 1 aliphatic heterocycles. The highest BCUT2D eigenvalue weighted by Gasteiger charge is 2.22. The number of nitrogens with two attached hydrogens (primary N) is 1. The number of aromatic nitrogens is 2. The molecular formula is C25H36N6O3. The van der Waals surface area contributed by atoms with Crippen LogP contribution in [0.3, 0.4) is 0 Å². The summed E-state index contributed by atoms with van der Waals surface area (Å²) in [5.74, 6) is 1.27. The molecule has 1 saturated heterocycles. The number of primary amides is 1. The molecule has 0 bridgehead atoms. The number of aromatic amines is 1.